The second-order valence-corrected chi connectivity index (χ2v) is 5.23. The van der Waals surface area contributed by atoms with E-state index in [1.807, 2.05) is 11.3 Å². The Labute approximate surface area is 96.7 Å². The van der Waals surface area contributed by atoms with Crippen LogP contribution in [0.3, 0.4) is 0 Å². The van der Waals surface area contributed by atoms with E-state index in [1.165, 1.54) is 4.88 Å². The summed E-state index contributed by atoms with van der Waals surface area (Å²) in [6.07, 6.45) is 1.03. The van der Waals surface area contributed by atoms with Gasteiger partial charge in [0, 0.05) is 18.0 Å². The van der Waals surface area contributed by atoms with E-state index in [1.54, 1.807) is 7.11 Å². The van der Waals surface area contributed by atoms with Crippen molar-refractivity contribution in [1.29, 1.82) is 0 Å². The molecule has 1 unspecified atom stereocenters. The van der Waals surface area contributed by atoms with Gasteiger partial charge in [0.25, 0.3) is 0 Å². The van der Waals surface area contributed by atoms with Gasteiger partial charge >= 0.3 is 0 Å². The Morgan fingerprint density at radius 1 is 1.53 bits per heavy atom. The number of hydrogen-bond acceptors (Lipinski definition) is 3. The molecule has 2 nitrogen and oxygen atoms in total. The Morgan fingerprint density at radius 3 is 2.73 bits per heavy atom. The van der Waals surface area contributed by atoms with Gasteiger partial charge in [0.1, 0.15) is 0 Å². The highest BCUT2D eigenvalue weighted by molar-refractivity contribution is 7.09. The zero-order chi connectivity index (χ0) is 11.3. The third-order valence-electron chi connectivity index (χ3n) is 2.80. The summed E-state index contributed by atoms with van der Waals surface area (Å²) in [6.45, 7) is 7.37. The maximum atomic E-state index is 5.54. The Balaban J connectivity index is 2.66. The number of nitrogens with one attached hydrogen (secondary N) is 1. The van der Waals surface area contributed by atoms with E-state index >= 15 is 0 Å². The minimum Gasteiger partial charge on any atom is -0.377 e. The summed E-state index contributed by atoms with van der Waals surface area (Å²) in [5.41, 5.74) is -0.125. The minimum atomic E-state index is -0.125. The highest BCUT2D eigenvalue weighted by atomic mass is 32.1. The lowest BCUT2D eigenvalue weighted by Gasteiger charge is -2.33. The lowest BCUT2D eigenvalue weighted by Crippen LogP contribution is -2.49. The molecular weight excluding hydrogens is 206 g/mol. The molecule has 0 aliphatic carbocycles. The SMILES string of the molecule is CCNC(Cc1cccs1)C(C)(C)OC. The van der Waals surface area contributed by atoms with Gasteiger partial charge in [0.2, 0.25) is 0 Å². The number of ether oxygens (including phenoxy) is 1. The summed E-state index contributed by atoms with van der Waals surface area (Å²) in [5.74, 6) is 0. The molecule has 0 fully saturated rings. The monoisotopic (exact) mass is 227 g/mol. The van der Waals surface area contributed by atoms with Crippen molar-refractivity contribution in [3.8, 4) is 0 Å². The van der Waals surface area contributed by atoms with E-state index in [0.29, 0.717) is 6.04 Å². The van der Waals surface area contributed by atoms with Crippen LogP contribution in [0.1, 0.15) is 25.6 Å². The van der Waals surface area contributed by atoms with Crippen molar-refractivity contribution in [2.45, 2.75) is 38.8 Å². The zero-order valence-electron chi connectivity index (χ0n) is 10.0. The van der Waals surface area contributed by atoms with E-state index in [2.05, 4.69) is 43.6 Å². The van der Waals surface area contributed by atoms with E-state index < -0.39 is 0 Å². The van der Waals surface area contributed by atoms with Crippen LogP contribution in [0.5, 0.6) is 0 Å². The summed E-state index contributed by atoms with van der Waals surface area (Å²) in [4.78, 5) is 1.41. The predicted molar refractivity (Wildman–Crippen MR) is 66.6 cm³/mol. The third-order valence-corrected chi connectivity index (χ3v) is 3.70. The van der Waals surface area contributed by atoms with Crippen molar-refractivity contribution in [2.75, 3.05) is 13.7 Å². The number of thiophene rings is 1. The maximum Gasteiger partial charge on any atom is 0.0778 e. The molecule has 1 heterocycles. The topological polar surface area (TPSA) is 21.3 Å². The standard InChI is InChI=1S/C12H21NOS/c1-5-13-11(12(2,3)14-4)9-10-7-6-8-15-10/h6-8,11,13H,5,9H2,1-4H3. The Bertz CT molecular complexity index is 269. The molecule has 3 heteroatoms. The first-order chi connectivity index (χ1) is 7.10. The van der Waals surface area contributed by atoms with Gasteiger partial charge in [-0.25, -0.2) is 0 Å². The number of methoxy groups -OCH3 is 1. The third kappa shape index (κ3) is 3.59. The van der Waals surface area contributed by atoms with Crippen molar-refractivity contribution in [3.63, 3.8) is 0 Å². The summed E-state index contributed by atoms with van der Waals surface area (Å²) in [7, 11) is 1.78. The van der Waals surface area contributed by atoms with Crippen molar-refractivity contribution in [2.24, 2.45) is 0 Å². The van der Waals surface area contributed by atoms with Crippen LogP contribution in [0.4, 0.5) is 0 Å². The fraction of sp³-hybridized carbons (Fsp3) is 0.667. The Morgan fingerprint density at radius 2 is 2.27 bits per heavy atom. The Kier molecular flexibility index (Phi) is 4.77. The fourth-order valence-electron chi connectivity index (χ4n) is 1.58. The van der Waals surface area contributed by atoms with Crippen LogP contribution in [-0.2, 0) is 11.2 Å². The van der Waals surface area contributed by atoms with Gasteiger partial charge in [-0.1, -0.05) is 13.0 Å². The van der Waals surface area contributed by atoms with Gasteiger partial charge in [-0.15, -0.1) is 11.3 Å². The molecule has 0 saturated carbocycles. The average molecular weight is 227 g/mol. The molecule has 0 bridgehead atoms. The van der Waals surface area contributed by atoms with Crippen LogP contribution in [0.2, 0.25) is 0 Å². The molecule has 1 aromatic heterocycles. The molecule has 0 aromatic carbocycles. The number of hydrogen-bond donors (Lipinski definition) is 1. The molecule has 1 rings (SSSR count). The minimum absolute atomic E-state index is 0.125. The lowest BCUT2D eigenvalue weighted by molar-refractivity contribution is -0.00939. The normalized spacial score (nSPS) is 14.1. The largest absolute Gasteiger partial charge is 0.377 e. The molecule has 15 heavy (non-hydrogen) atoms. The van der Waals surface area contributed by atoms with Crippen LogP contribution in [0, 0.1) is 0 Å². The molecule has 1 N–H and O–H groups in total. The van der Waals surface area contributed by atoms with Crippen molar-refractivity contribution in [3.05, 3.63) is 22.4 Å². The van der Waals surface area contributed by atoms with Crippen molar-refractivity contribution >= 4 is 11.3 Å². The van der Waals surface area contributed by atoms with Gasteiger partial charge in [0.05, 0.1) is 5.60 Å². The smallest absolute Gasteiger partial charge is 0.0778 e. The van der Waals surface area contributed by atoms with Crippen LogP contribution in [0.15, 0.2) is 17.5 Å². The van der Waals surface area contributed by atoms with Crippen LogP contribution in [-0.4, -0.2) is 25.3 Å². The highest BCUT2D eigenvalue weighted by Gasteiger charge is 2.28. The van der Waals surface area contributed by atoms with Gasteiger partial charge in [-0.3, -0.25) is 0 Å². The fourth-order valence-corrected chi connectivity index (χ4v) is 2.33. The van der Waals surface area contributed by atoms with Crippen LogP contribution in [0.25, 0.3) is 0 Å². The molecule has 0 amide bonds. The summed E-state index contributed by atoms with van der Waals surface area (Å²) < 4.78 is 5.54. The van der Waals surface area contributed by atoms with Crippen LogP contribution >= 0.6 is 11.3 Å². The van der Waals surface area contributed by atoms with E-state index in [9.17, 15) is 0 Å². The Hall–Kier alpha value is -0.380. The van der Waals surface area contributed by atoms with E-state index in [-0.39, 0.29) is 5.60 Å². The van der Waals surface area contributed by atoms with E-state index in [0.717, 1.165) is 13.0 Å². The summed E-state index contributed by atoms with van der Waals surface area (Å²) in [6, 6.07) is 4.65. The first kappa shape index (κ1) is 12.7. The van der Waals surface area contributed by atoms with Gasteiger partial charge < -0.3 is 10.1 Å². The first-order valence-electron chi connectivity index (χ1n) is 5.41. The molecule has 0 aliphatic rings. The molecule has 1 aromatic rings. The number of likely N-dealkylation sites (N-methyl/N-ethyl adjacent to an activating group) is 1. The molecule has 1 atom stereocenters. The molecule has 0 saturated heterocycles. The van der Waals surface area contributed by atoms with Crippen molar-refractivity contribution < 1.29 is 4.74 Å². The van der Waals surface area contributed by atoms with Crippen molar-refractivity contribution in [1.82, 2.24) is 5.32 Å². The number of rotatable bonds is 6. The van der Waals surface area contributed by atoms with E-state index in [4.69, 9.17) is 4.74 Å². The lowest BCUT2D eigenvalue weighted by atomic mass is 9.95. The first-order valence-corrected chi connectivity index (χ1v) is 6.29. The second-order valence-electron chi connectivity index (χ2n) is 4.20. The molecule has 0 spiro atoms. The predicted octanol–water partition coefficient (Wildman–Crippen LogP) is 2.69. The van der Waals surface area contributed by atoms with Gasteiger partial charge in [0.15, 0.2) is 0 Å². The average Bonchev–Trinajstić information content (AvgIpc) is 2.70. The molecular formula is C12H21NOS. The molecule has 0 aliphatic heterocycles. The highest BCUT2D eigenvalue weighted by Crippen LogP contribution is 2.20. The maximum absolute atomic E-state index is 5.54. The molecule has 0 radical (unpaired) electrons. The van der Waals surface area contributed by atoms with Gasteiger partial charge in [-0.05, 0) is 38.3 Å². The summed E-state index contributed by atoms with van der Waals surface area (Å²) >= 11 is 1.81. The quantitative estimate of drug-likeness (QED) is 0.807. The van der Waals surface area contributed by atoms with Crippen LogP contribution < -0.4 is 5.32 Å². The summed E-state index contributed by atoms with van der Waals surface area (Å²) in [5, 5.41) is 5.62. The molecule has 86 valence electrons. The second kappa shape index (κ2) is 5.64. The van der Waals surface area contributed by atoms with Gasteiger partial charge in [-0.2, -0.15) is 0 Å². The zero-order valence-corrected chi connectivity index (χ0v) is 10.9.